The molecule has 0 saturated carbocycles. The molecule has 2 heterocycles. The van der Waals surface area contributed by atoms with Crippen LogP contribution in [0.3, 0.4) is 0 Å². The molecule has 2 atom stereocenters. The molecule has 88 valence electrons. The van der Waals surface area contributed by atoms with E-state index in [4.69, 9.17) is 11.0 Å². The minimum absolute atomic E-state index is 0.0664. The highest BCUT2D eigenvalue weighted by molar-refractivity contribution is 7.12. The molecule has 0 amide bonds. The Morgan fingerprint density at radius 1 is 1.53 bits per heavy atom. The normalized spacial score (nSPS) is 14.2. The first kappa shape index (κ1) is 11.8. The van der Waals surface area contributed by atoms with E-state index < -0.39 is 0 Å². The molecule has 0 aliphatic heterocycles. The summed E-state index contributed by atoms with van der Waals surface area (Å²) in [7, 11) is 0. The van der Waals surface area contributed by atoms with Gasteiger partial charge < -0.3 is 5.73 Å². The van der Waals surface area contributed by atoms with Crippen molar-refractivity contribution in [2.24, 2.45) is 5.73 Å². The molecule has 0 aliphatic rings. The number of thiophene rings is 1. The standard InChI is InChI=1S/C11H13N5S/c1-7-3-4-9(17-7)11(8(2)13)16-6-14-10(5-12)15-16/h3-4,6,8,11H,13H2,1-2H3. The fourth-order valence-corrected chi connectivity index (χ4v) is 2.79. The third-order valence-corrected chi connectivity index (χ3v) is 3.52. The molecule has 0 radical (unpaired) electrons. The molecule has 2 N–H and O–H groups in total. The molecule has 17 heavy (non-hydrogen) atoms. The van der Waals surface area contributed by atoms with Crippen molar-refractivity contribution in [3.63, 3.8) is 0 Å². The molecule has 0 aliphatic carbocycles. The van der Waals surface area contributed by atoms with Crippen LogP contribution in [-0.4, -0.2) is 20.8 Å². The van der Waals surface area contributed by atoms with Gasteiger partial charge in [0.1, 0.15) is 18.4 Å². The lowest BCUT2D eigenvalue weighted by Gasteiger charge is -2.19. The van der Waals surface area contributed by atoms with Crippen LogP contribution in [0, 0.1) is 18.3 Å². The lowest BCUT2D eigenvalue weighted by Crippen LogP contribution is -2.30. The summed E-state index contributed by atoms with van der Waals surface area (Å²) < 4.78 is 1.66. The zero-order valence-electron chi connectivity index (χ0n) is 9.66. The Bertz CT molecular complexity index is 548. The number of nitriles is 1. The van der Waals surface area contributed by atoms with Crippen molar-refractivity contribution in [3.05, 3.63) is 34.0 Å². The van der Waals surface area contributed by atoms with E-state index in [1.807, 2.05) is 19.1 Å². The van der Waals surface area contributed by atoms with Crippen molar-refractivity contribution < 1.29 is 0 Å². The number of rotatable bonds is 3. The van der Waals surface area contributed by atoms with Gasteiger partial charge in [0.15, 0.2) is 0 Å². The number of hydrogen-bond acceptors (Lipinski definition) is 5. The van der Waals surface area contributed by atoms with E-state index in [-0.39, 0.29) is 17.9 Å². The first-order valence-corrected chi connectivity index (χ1v) is 6.06. The predicted octanol–water partition coefficient (Wildman–Crippen LogP) is 1.46. The molecule has 2 unspecified atom stereocenters. The number of nitrogens with zero attached hydrogens (tertiary/aromatic N) is 4. The van der Waals surface area contributed by atoms with E-state index in [0.717, 1.165) is 4.88 Å². The molecule has 0 fully saturated rings. The van der Waals surface area contributed by atoms with Gasteiger partial charge in [0.05, 0.1) is 0 Å². The summed E-state index contributed by atoms with van der Waals surface area (Å²) in [5.41, 5.74) is 6.00. The second-order valence-corrected chi connectivity index (χ2v) is 5.23. The molecule has 6 heteroatoms. The maximum absolute atomic E-state index is 8.73. The quantitative estimate of drug-likeness (QED) is 0.890. The van der Waals surface area contributed by atoms with Crippen LogP contribution in [-0.2, 0) is 0 Å². The van der Waals surface area contributed by atoms with E-state index in [1.54, 1.807) is 22.3 Å². The van der Waals surface area contributed by atoms with Gasteiger partial charge in [-0.25, -0.2) is 9.67 Å². The first-order chi connectivity index (χ1) is 8.11. The van der Waals surface area contributed by atoms with Crippen LogP contribution in [0.4, 0.5) is 0 Å². The van der Waals surface area contributed by atoms with Crippen molar-refractivity contribution in [1.82, 2.24) is 14.8 Å². The molecular formula is C11H13N5S. The third kappa shape index (κ3) is 2.35. The average Bonchev–Trinajstić information content (AvgIpc) is 2.88. The topological polar surface area (TPSA) is 80.5 Å². The van der Waals surface area contributed by atoms with Crippen molar-refractivity contribution in [1.29, 1.82) is 5.26 Å². The lowest BCUT2D eigenvalue weighted by atomic mass is 10.1. The largest absolute Gasteiger partial charge is 0.326 e. The van der Waals surface area contributed by atoms with Gasteiger partial charge in [-0.1, -0.05) is 0 Å². The summed E-state index contributed by atoms with van der Waals surface area (Å²) in [6, 6.07) is 5.85. The summed E-state index contributed by atoms with van der Waals surface area (Å²) in [6.07, 6.45) is 1.56. The van der Waals surface area contributed by atoms with Gasteiger partial charge in [0.25, 0.3) is 5.82 Å². The molecule has 5 nitrogen and oxygen atoms in total. The Kier molecular flexibility index (Phi) is 3.22. The Balaban J connectivity index is 2.39. The molecule has 0 spiro atoms. The van der Waals surface area contributed by atoms with E-state index >= 15 is 0 Å². The van der Waals surface area contributed by atoms with Crippen molar-refractivity contribution in [2.45, 2.75) is 25.9 Å². The van der Waals surface area contributed by atoms with Gasteiger partial charge in [-0.2, -0.15) is 5.26 Å². The van der Waals surface area contributed by atoms with Crippen molar-refractivity contribution in [3.8, 4) is 6.07 Å². The molecule has 0 bridgehead atoms. The number of nitrogens with two attached hydrogens (primary N) is 1. The monoisotopic (exact) mass is 247 g/mol. The van der Waals surface area contributed by atoms with E-state index in [0.29, 0.717) is 0 Å². The smallest absolute Gasteiger partial charge is 0.252 e. The Hall–Kier alpha value is -1.71. The van der Waals surface area contributed by atoms with E-state index in [2.05, 4.69) is 23.1 Å². The number of aryl methyl sites for hydroxylation is 1. The molecule has 2 aromatic rings. The van der Waals surface area contributed by atoms with Crippen LogP contribution in [0.1, 0.15) is 28.5 Å². The van der Waals surface area contributed by atoms with Gasteiger partial charge in [0.2, 0.25) is 0 Å². The highest BCUT2D eigenvalue weighted by atomic mass is 32.1. The zero-order valence-corrected chi connectivity index (χ0v) is 10.5. The third-order valence-electron chi connectivity index (χ3n) is 2.44. The minimum Gasteiger partial charge on any atom is -0.326 e. The Morgan fingerprint density at radius 2 is 2.29 bits per heavy atom. The minimum atomic E-state index is -0.0960. The van der Waals surface area contributed by atoms with E-state index in [1.165, 1.54) is 4.88 Å². The lowest BCUT2D eigenvalue weighted by molar-refractivity contribution is 0.458. The highest BCUT2D eigenvalue weighted by Crippen LogP contribution is 2.27. The second kappa shape index (κ2) is 4.65. The fourth-order valence-electron chi connectivity index (χ4n) is 1.70. The number of hydrogen-bond donors (Lipinski definition) is 1. The molecule has 2 rings (SSSR count). The summed E-state index contributed by atoms with van der Waals surface area (Å²) in [5.74, 6) is 0.170. The summed E-state index contributed by atoms with van der Waals surface area (Å²) in [5, 5.41) is 12.8. The van der Waals surface area contributed by atoms with Crippen LogP contribution in [0.25, 0.3) is 0 Å². The summed E-state index contributed by atoms with van der Waals surface area (Å²) in [6.45, 7) is 3.97. The first-order valence-electron chi connectivity index (χ1n) is 5.25. The van der Waals surface area contributed by atoms with Crippen LogP contribution in [0.2, 0.25) is 0 Å². The maximum atomic E-state index is 8.73. The van der Waals surface area contributed by atoms with Gasteiger partial charge in [-0.15, -0.1) is 16.4 Å². The summed E-state index contributed by atoms with van der Waals surface area (Å²) >= 11 is 1.68. The maximum Gasteiger partial charge on any atom is 0.252 e. The van der Waals surface area contributed by atoms with Crippen molar-refractivity contribution >= 4 is 11.3 Å². The van der Waals surface area contributed by atoms with Crippen LogP contribution in [0.15, 0.2) is 18.5 Å². The van der Waals surface area contributed by atoms with Gasteiger partial charge in [-0.05, 0) is 26.0 Å². The van der Waals surface area contributed by atoms with Crippen LogP contribution < -0.4 is 5.73 Å². The molecule has 0 saturated heterocycles. The number of aromatic nitrogens is 3. The highest BCUT2D eigenvalue weighted by Gasteiger charge is 2.21. The SMILES string of the molecule is Cc1ccc(C(C(C)N)n2cnc(C#N)n2)s1. The second-order valence-electron chi connectivity index (χ2n) is 3.91. The fraction of sp³-hybridized carbons (Fsp3) is 0.364. The summed E-state index contributed by atoms with van der Waals surface area (Å²) in [4.78, 5) is 6.27. The Labute approximate surface area is 104 Å². The van der Waals surface area contributed by atoms with Gasteiger partial charge in [-0.3, -0.25) is 0 Å². The molecule has 2 aromatic heterocycles. The predicted molar refractivity (Wildman–Crippen MR) is 65.6 cm³/mol. The Morgan fingerprint density at radius 3 is 2.76 bits per heavy atom. The molecule has 0 aromatic carbocycles. The van der Waals surface area contributed by atoms with Gasteiger partial charge in [0, 0.05) is 15.8 Å². The van der Waals surface area contributed by atoms with Crippen LogP contribution in [0.5, 0.6) is 0 Å². The zero-order chi connectivity index (χ0) is 12.4. The molecular weight excluding hydrogens is 234 g/mol. The van der Waals surface area contributed by atoms with Crippen LogP contribution >= 0.6 is 11.3 Å². The van der Waals surface area contributed by atoms with E-state index in [9.17, 15) is 0 Å². The average molecular weight is 247 g/mol. The van der Waals surface area contributed by atoms with Crippen molar-refractivity contribution in [2.75, 3.05) is 0 Å². The van der Waals surface area contributed by atoms with Gasteiger partial charge >= 0.3 is 0 Å².